The van der Waals surface area contributed by atoms with Crippen LogP contribution in [0.15, 0.2) is 36.5 Å². The van der Waals surface area contributed by atoms with Gasteiger partial charge in [0.25, 0.3) is 0 Å². The summed E-state index contributed by atoms with van der Waals surface area (Å²) in [7, 11) is 0. The Bertz CT molecular complexity index is 938. The minimum atomic E-state index is -4.35. The van der Waals surface area contributed by atoms with Crippen LogP contribution in [0.2, 0.25) is 0 Å². The summed E-state index contributed by atoms with van der Waals surface area (Å²) in [6, 6.07) is 7.21. The van der Waals surface area contributed by atoms with Crippen LogP contribution in [-0.2, 0) is 6.42 Å². The van der Waals surface area contributed by atoms with Crippen molar-refractivity contribution in [1.29, 1.82) is 0 Å². The maximum absolute atomic E-state index is 13.4. The minimum absolute atomic E-state index is 0.0163. The summed E-state index contributed by atoms with van der Waals surface area (Å²) in [6.07, 6.45) is -1.04. The van der Waals surface area contributed by atoms with E-state index in [9.17, 15) is 22.7 Å². The summed E-state index contributed by atoms with van der Waals surface area (Å²) in [5.41, 5.74) is 2.05. The number of ether oxygens (including phenoxy) is 1. The molecule has 3 heterocycles. The number of fused-ring (bicyclic) bond motifs is 1. The van der Waals surface area contributed by atoms with Crippen LogP contribution in [0, 0.1) is 0 Å². The third-order valence-electron chi connectivity index (χ3n) is 6.38. The van der Waals surface area contributed by atoms with Gasteiger partial charge in [-0.1, -0.05) is 6.07 Å². The molecule has 33 heavy (non-hydrogen) atoms. The lowest BCUT2D eigenvalue weighted by Crippen LogP contribution is -2.47. The predicted octanol–water partition coefficient (Wildman–Crippen LogP) is 4.50. The smallest absolute Gasteiger partial charge is 0.401 e. The number of benzene rings is 1. The van der Waals surface area contributed by atoms with E-state index in [1.165, 1.54) is 11.0 Å². The maximum Gasteiger partial charge on any atom is 0.401 e. The molecule has 2 aliphatic heterocycles. The van der Waals surface area contributed by atoms with Crippen LogP contribution in [0.4, 0.5) is 17.6 Å². The lowest BCUT2D eigenvalue weighted by Gasteiger charge is -2.42. The van der Waals surface area contributed by atoms with Gasteiger partial charge in [-0.2, -0.15) is 13.2 Å². The summed E-state index contributed by atoms with van der Waals surface area (Å²) < 4.78 is 58.6. The Balaban J connectivity index is 1.54. The summed E-state index contributed by atoms with van der Waals surface area (Å²) >= 11 is 0. The molecule has 0 unspecified atom stereocenters. The number of rotatable bonds is 7. The molecule has 0 saturated carbocycles. The first kappa shape index (κ1) is 23.8. The van der Waals surface area contributed by atoms with E-state index in [4.69, 9.17) is 4.74 Å². The van der Waals surface area contributed by atoms with Gasteiger partial charge in [0.1, 0.15) is 17.6 Å². The highest BCUT2D eigenvalue weighted by Crippen LogP contribution is 2.40. The molecule has 0 aliphatic carbocycles. The molecule has 3 atom stereocenters. The number of hydrogen-bond donors (Lipinski definition) is 1. The third kappa shape index (κ3) is 5.76. The number of halogens is 4. The highest BCUT2D eigenvalue weighted by atomic mass is 19.4. The molecular weight excluding hydrogens is 438 g/mol. The molecule has 9 heteroatoms. The molecule has 5 nitrogen and oxygen atoms in total. The van der Waals surface area contributed by atoms with Crippen molar-refractivity contribution in [2.24, 2.45) is 0 Å². The fourth-order valence-electron chi connectivity index (χ4n) is 4.88. The van der Waals surface area contributed by atoms with E-state index in [0.29, 0.717) is 30.8 Å². The lowest BCUT2D eigenvalue weighted by molar-refractivity contribution is -0.155. The van der Waals surface area contributed by atoms with Crippen molar-refractivity contribution >= 4 is 0 Å². The summed E-state index contributed by atoms with van der Waals surface area (Å²) in [5, 5.41) is 9.87. The van der Waals surface area contributed by atoms with Crippen LogP contribution in [0.3, 0.4) is 0 Å². The van der Waals surface area contributed by atoms with Crippen LogP contribution >= 0.6 is 0 Å². The molecule has 0 amide bonds. The molecule has 1 saturated heterocycles. The van der Waals surface area contributed by atoms with Gasteiger partial charge in [-0.25, -0.2) is 0 Å². The zero-order valence-electron chi connectivity index (χ0n) is 18.6. The normalized spacial score (nSPS) is 24.1. The Hall–Kier alpha value is -2.39. The Morgan fingerprint density at radius 2 is 2.03 bits per heavy atom. The number of alkyl halides is 4. The van der Waals surface area contributed by atoms with Gasteiger partial charge in [0.05, 0.1) is 31.2 Å². The van der Waals surface area contributed by atoms with Crippen LogP contribution in [0.25, 0.3) is 0 Å². The topological polar surface area (TPSA) is 48.8 Å². The van der Waals surface area contributed by atoms with Gasteiger partial charge in [0.15, 0.2) is 0 Å². The number of phenols is 1. The first-order valence-corrected chi connectivity index (χ1v) is 11.3. The number of aromatic hydroxyl groups is 1. The van der Waals surface area contributed by atoms with Crippen molar-refractivity contribution < 1.29 is 27.4 Å². The zero-order chi connectivity index (χ0) is 23.6. The van der Waals surface area contributed by atoms with Gasteiger partial charge in [-0.3, -0.25) is 19.2 Å². The van der Waals surface area contributed by atoms with Crippen molar-refractivity contribution in [3.8, 4) is 11.5 Å². The standard InChI is InChI=1S/C24H29F4N3O2/c1-16-11-17-12-18(32)3-5-21(17)23(31(16)15-24(26,27)28)22-6-4-19(13-29-22)33-20-7-10-30(14-20)9-2-8-25/h3-6,12-13,16,20,23,32H,2,7-11,14-15H2,1H3/t16-,20+,23+/m1/s1. The summed E-state index contributed by atoms with van der Waals surface area (Å²) in [6.45, 7) is 2.66. The van der Waals surface area contributed by atoms with Gasteiger partial charge >= 0.3 is 6.18 Å². The molecule has 2 aromatic rings. The van der Waals surface area contributed by atoms with Crippen molar-refractivity contribution in [3.63, 3.8) is 0 Å². The Morgan fingerprint density at radius 1 is 1.21 bits per heavy atom. The SMILES string of the molecule is C[C@@H]1Cc2cc(O)ccc2[C@@H](c2ccc(O[C@H]3CCN(CCCF)C3)cn2)N1CC(F)(F)F. The number of hydrogen-bond acceptors (Lipinski definition) is 5. The molecule has 1 aromatic heterocycles. The molecule has 0 radical (unpaired) electrons. The van der Waals surface area contributed by atoms with E-state index < -0.39 is 18.8 Å². The second-order valence-corrected chi connectivity index (χ2v) is 8.92. The first-order chi connectivity index (χ1) is 15.7. The van der Waals surface area contributed by atoms with Crippen molar-refractivity contribution in [2.75, 3.05) is 32.9 Å². The molecule has 0 spiro atoms. The van der Waals surface area contributed by atoms with Gasteiger partial charge in [0.2, 0.25) is 0 Å². The number of pyridine rings is 1. The number of aromatic nitrogens is 1. The number of likely N-dealkylation sites (tertiary alicyclic amines) is 1. The Morgan fingerprint density at radius 3 is 2.73 bits per heavy atom. The fraction of sp³-hybridized carbons (Fsp3) is 0.542. The second-order valence-electron chi connectivity index (χ2n) is 8.92. The summed E-state index contributed by atoms with van der Waals surface area (Å²) in [5.74, 6) is 0.658. The van der Waals surface area contributed by atoms with E-state index in [-0.39, 0.29) is 24.6 Å². The van der Waals surface area contributed by atoms with Crippen molar-refractivity contribution in [3.05, 3.63) is 53.3 Å². The van der Waals surface area contributed by atoms with Crippen LogP contribution in [-0.4, -0.2) is 71.1 Å². The summed E-state index contributed by atoms with van der Waals surface area (Å²) in [4.78, 5) is 8.07. The van der Waals surface area contributed by atoms with Gasteiger partial charge < -0.3 is 9.84 Å². The molecule has 2 aliphatic rings. The zero-order valence-corrected chi connectivity index (χ0v) is 18.6. The van der Waals surface area contributed by atoms with E-state index in [0.717, 1.165) is 30.6 Å². The Kier molecular flexibility index (Phi) is 7.09. The van der Waals surface area contributed by atoms with Crippen LogP contribution in [0.1, 0.15) is 42.6 Å². The Labute approximate surface area is 191 Å². The van der Waals surface area contributed by atoms with Crippen molar-refractivity contribution in [2.45, 2.75) is 50.6 Å². The van der Waals surface area contributed by atoms with Crippen LogP contribution in [0.5, 0.6) is 11.5 Å². The van der Waals surface area contributed by atoms with Gasteiger partial charge in [-0.15, -0.1) is 0 Å². The lowest BCUT2D eigenvalue weighted by atomic mass is 9.86. The molecule has 1 N–H and O–H groups in total. The fourth-order valence-corrected chi connectivity index (χ4v) is 4.88. The second kappa shape index (κ2) is 9.85. The highest BCUT2D eigenvalue weighted by Gasteiger charge is 2.41. The van der Waals surface area contributed by atoms with E-state index in [1.807, 2.05) is 0 Å². The molecule has 180 valence electrons. The average molecular weight is 468 g/mol. The van der Waals surface area contributed by atoms with Gasteiger partial charge in [-0.05, 0) is 61.6 Å². The van der Waals surface area contributed by atoms with E-state index >= 15 is 0 Å². The largest absolute Gasteiger partial charge is 0.508 e. The minimum Gasteiger partial charge on any atom is -0.508 e. The average Bonchev–Trinajstić information content (AvgIpc) is 3.20. The van der Waals surface area contributed by atoms with Crippen LogP contribution < -0.4 is 4.74 Å². The van der Waals surface area contributed by atoms with Gasteiger partial charge in [0, 0.05) is 25.7 Å². The third-order valence-corrected chi connectivity index (χ3v) is 6.38. The highest BCUT2D eigenvalue weighted by molar-refractivity contribution is 5.43. The molecule has 1 fully saturated rings. The number of nitrogens with zero attached hydrogens (tertiary/aromatic N) is 3. The van der Waals surface area contributed by atoms with Crippen molar-refractivity contribution in [1.82, 2.24) is 14.8 Å². The molecule has 0 bridgehead atoms. The van der Waals surface area contributed by atoms with E-state index in [2.05, 4.69) is 9.88 Å². The monoisotopic (exact) mass is 467 g/mol. The molecule has 1 aromatic carbocycles. The maximum atomic E-state index is 13.4. The predicted molar refractivity (Wildman–Crippen MR) is 116 cm³/mol. The molecular formula is C24H29F4N3O2. The number of phenolic OH excluding ortho intramolecular Hbond substituents is 1. The van der Waals surface area contributed by atoms with E-state index in [1.54, 1.807) is 37.4 Å². The quantitative estimate of drug-likeness (QED) is 0.608. The first-order valence-electron chi connectivity index (χ1n) is 11.3. The molecule has 4 rings (SSSR count).